The number of hydrogen-bond donors (Lipinski definition) is 2. The van der Waals surface area contributed by atoms with Crippen LogP contribution in [0, 0.1) is 0 Å². The maximum atomic E-state index is 10.7. The molecule has 0 aromatic rings. The van der Waals surface area contributed by atoms with E-state index in [4.69, 9.17) is 5.73 Å². The highest BCUT2D eigenvalue weighted by Gasteiger charge is 2.17. The lowest BCUT2D eigenvalue weighted by Crippen LogP contribution is -2.39. The first-order valence-electron chi connectivity index (χ1n) is 3.92. The predicted octanol–water partition coefficient (Wildman–Crippen LogP) is -0.0881. The zero-order valence-corrected chi connectivity index (χ0v) is 6.49. The SMILES string of the molecule is NC(=O)N1CCCCC(O)C1. The van der Waals surface area contributed by atoms with Gasteiger partial charge in [-0.1, -0.05) is 0 Å². The Kier molecular flexibility index (Phi) is 2.70. The van der Waals surface area contributed by atoms with Gasteiger partial charge in [0.15, 0.2) is 0 Å². The number of aliphatic hydroxyl groups excluding tert-OH is 1. The van der Waals surface area contributed by atoms with Crippen LogP contribution in [0.2, 0.25) is 0 Å². The minimum Gasteiger partial charge on any atom is -0.391 e. The molecule has 0 aliphatic carbocycles. The molecule has 1 fully saturated rings. The van der Waals surface area contributed by atoms with Gasteiger partial charge in [-0.3, -0.25) is 0 Å². The van der Waals surface area contributed by atoms with E-state index in [0.29, 0.717) is 13.1 Å². The molecule has 0 bridgehead atoms. The average Bonchev–Trinajstić information content (AvgIpc) is 2.13. The van der Waals surface area contributed by atoms with Gasteiger partial charge in [-0.2, -0.15) is 0 Å². The van der Waals surface area contributed by atoms with Crippen LogP contribution in [0.3, 0.4) is 0 Å². The molecule has 64 valence electrons. The Balaban J connectivity index is 2.45. The maximum Gasteiger partial charge on any atom is 0.314 e. The van der Waals surface area contributed by atoms with Crippen molar-refractivity contribution in [3.05, 3.63) is 0 Å². The Labute approximate surface area is 66.0 Å². The zero-order chi connectivity index (χ0) is 8.27. The van der Waals surface area contributed by atoms with E-state index in [-0.39, 0.29) is 6.10 Å². The first-order chi connectivity index (χ1) is 5.20. The lowest BCUT2D eigenvalue weighted by atomic mass is 10.2. The molecule has 1 saturated heterocycles. The van der Waals surface area contributed by atoms with Crippen molar-refractivity contribution in [2.75, 3.05) is 13.1 Å². The number of aliphatic hydroxyl groups is 1. The molecule has 0 radical (unpaired) electrons. The summed E-state index contributed by atoms with van der Waals surface area (Å²) in [6.07, 6.45) is 2.32. The van der Waals surface area contributed by atoms with Crippen molar-refractivity contribution in [2.24, 2.45) is 5.73 Å². The smallest absolute Gasteiger partial charge is 0.314 e. The number of primary amides is 1. The molecule has 0 aromatic heterocycles. The standard InChI is InChI=1S/C7H14N2O2/c8-7(11)9-4-2-1-3-6(10)5-9/h6,10H,1-5H2,(H2,8,11). The molecular weight excluding hydrogens is 144 g/mol. The molecule has 0 spiro atoms. The van der Waals surface area contributed by atoms with E-state index in [1.54, 1.807) is 0 Å². The van der Waals surface area contributed by atoms with E-state index in [9.17, 15) is 9.90 Å². The predicted molar refractivity (Wildman–Crippen MR) is 41.0 cm³/mol. The second kappa shape index (κ2) is 3.57. The van der Waals surface area contributed by atoms with Crippen LogP contribution in [-0.4, -0.2) is 35.2 Å². The molecule has 2 amide bonds. The Bertz CT molecular complexity index is 149. The number of nitrogens with two attached hydrogens (primary N) is 1. The van der Waals surface area contributed by atoms with Crippen LogP contribution in [-0.2, 0) is 0 Å². The van der Waals surface area contributed by atoms with E-state index in [1.807, 2.05) is 0 Å². The normalized spacial score (nSPS) is 26.3. The van der Waals surface area contributed by atoms with E-state index < -0.39 is 6.03 Å². The van der Waals surface area contributed by atoms with Crippen molar-refractivity contribution in [1.29, 1.82) is 0 Å². The number of nitrogens with zero attached hydrogens (tertiary/aromatic N) is 1. The van der Waals surface area contributed by atoms with Gasteiger partial charge >= 0.3 is 6.03 Å². The summed E-state index contributed by atoms with van der Waals surface area (Å²) >= 11 is 0. The highest BCUT2D eigenvalue weighted by molar-refractivity contribution is 5.72. The van der Waals surface area contributed by atoms with Gasteiger partial charge in [0.2, 0.25) is 0 Å². The summed E-state index contributed by atoms with van der Waals surface area (Å²) in [5.74, 6) is 0. The van der Waals surface area contributed by atoms with Gasteiger partial charge in [-0.15, -0.1) is 0 Å². The number of urea groups is 1. The van der Waals surface area contributed by atoms with Crippen LogP contribution < -0.4 is 5.73 Å². The van der Waals surface area contributed by atoms with Crippen LogP contribution in [0.25, 0.3) is 0 Å². The van der Waals surface area contributed by atoms with Crippen molar-refractivity contribution in [3.63, 3.8) is 0 Å². The molecule has 4 nitrogen and oxygen atoms in total. The molecule has 4 heteroatoms. The lowest BCUT2D eigenvalue weighted by molar-refractivity contribution is 0.130. The summed E-state index contributed by atoms with van der Waals surface area (Å²) < 4.78 is 0. The summed E-state index contributed by atoms with van der Waals surface area (Å²) in [5.41, 5.74) is 5.07. The Hall–Kier alpha value is -0.770. The van der Waals surface area contributed by atoms with Gasteiger partial charge < -0.3 is 15.7 Å². The van der Waals surface area contributed by atoms with Crippen LogP contribution in [0.15, 0.2) is 0 Å². The van der Waals surface area contributed by atoms with Gasteiger partial charge in [0, 0.05) is 13.1 Å². The number of hydrogen-bond acceptors (Lipinski definition) is 2. The topological polar surface area (TPSA) is 66.6 Å². The Morgan fingerprint density at radius 2 is 2.27 bits per heavy atom. The minimum atomic E-state index is -0.425. The van der Waals surface area contributed by atoms with Crippen molar-refractivity contribution in [2.45, 2.75) is 25.4 Å². The molecule has 1 unspecified atom stereocenters. The van der Waals surface area contributed by atoms with Gasteiger partial charge in [-0.25, -0.2) is 4.79 Å². The second-order valence-corrected chi connectivity index (χ2v) is 2.93. The third kappa shape index (κ3) is 2.38. The van der Waals surface area contributed by atoms with Crippen molar-refractivity contribution >= 4 is 6.03 Å². The Morgan fingerprint density at radius 1 is 1.55 bits per heavy atom. The quantitative estimate of drug-likeness (QED) is 0.517. The number of amides is 2. The van der Waals surface area contributed by atoms with Crippen molar-refractivity contribution < 1.29 is 9.90 Å². The lowest BCUT2D eigenvalue weighted by Gasteiger charge is -2.19. The molecule has 1 aliphatic rings. The van der Waals surface area contributed by atoms with Gasteiger partial charge in [0.25, 0.3) is 0 Å². The van der Waals surface area contributed by atoms with E-state index in [0.717, 1.165) is 19.3 Å². The number of likely N-dealkylation sites (tertiary alicyclic amines) is 1. The van der Waals surface area contributed by atoms with Crippen LogP contribution in [0.1, 0.15) is 19.3 Å². The molecule has 1 rings (SSSR count). The second-order valence-electron chi connectivity index (χ2n) is 2.93. The van der Waals surface area contributed by atoms with E-state index >= 15 is 0 Å². The van der Waals surface area contributed by atoms with Crippen LogP contribution in [0.4, 0.5) is 4.79 Å². The van der Waals surface area contributed by atoms with Gasteiger partial charge in [-0.05, 0) is 19.3 Å². The first-order valence-corrected chi connectivity index (χ1v) is 3.92. The molecule has 1 heterocycles. The monoisotopic (exact) mass is 158 g/mol. The van der Waals surface area contributed by atoms with Crippen LogP contribution >= 0.6 is 0 Å². The average molecular weight is 158 g/mol. The van der Waals surface area contributed by atoms with Crippen molar-refractivity contribution in [1.82, 2.24) is 4.90 Å². The van der Waals surface area contributed by atoms with Crippen LogP contribution in [0.5, 0.6) is 0 Å². The summed E-state index contributed by atoms with van der Waals surface area (Å²) in [7, 11) is 0. The molecule has 3 N–H and O–H groups in total. The largest absolute Gasteiger partial charge is 0.391 e. The molecule has 1 atom stereocenters. The molecule has 1 aliphatic heterocycles. The van der Waals surface area contributed by atoms with Crippen molar-refractivity contribution in [3.8, 4) is 0 Å². The third-order valence-electron chi connectivity index (χ3n) is 1.96. The summed E-state index contributed by atoms with van der Waals surface area (Å²) in [4.78, 5) is 12.2. The molecule has 0 saturated carbocycles. The minimum absolute atomic E-state index is 0.384. The number of carbonyl (C=O) groups excluding carboxylic acids is 1. The highest BCUT2D eigenvalue weighted by atomic mass is 16.3. The number of rotatable bonds is 0. The molecular formula is C7H14N2O2. The van der Waals surface area contributed by atoms with E-state index in [2.05, 4.69) is 0 Å². The van der Waals surface area contributed by atoms with E-state index in [1.165, 1.54) is 4.90 Å². The number of β-amino-alcohol motifs (C(OH)–C–C–N with tert-alkyl or cyclic N) is 1. The third-order valence-corrected chi connectivity index (χ3v) is 1.96. The fourth-order valence-electron chi connectivity index (χ4n) is 1.32. The maximum absolute atomic E-state index is 10.7. The fourth-order valence-corrected chi connectivity index (χ4v) is 1.32. The number of carbonyl (C=O) groups is 1. The Morgan fingerprint density at radius 3 is 2.91 bits per heavy atom. The molecule has 11 heavy (non-hydrogen) atoms. The fraction of sp³-hybridized carbons (Fsp3) is 0.857. The summed E-state index contributed by atoms with van der Waals surface area (Å²) in [6.45, 7) is 1.09. The van der Waals surface area contributed by atoms with Gasteiger partial charge in [0.1, 0.15) is 0 Å². The van der Waals surface area contributed by atoms with Gasteiger partial charge in [0.05, 0.1) is 6.10 Å². The zero-order valence-electron chi connectivity index (χ0n) is 6.49. The first kappa shape index (κ1) is 8.33. The molecule has 0 aromatic carbocycles. The highest BCUT2D eigenvalue weighted by Crippen LogP contribution is 2.09. The summed E-state index contributed by atoms with van der Waals surface area (Å²) in [5, 5.41) is 9.26. The summed E-state index contributed by atoms with van der Waals surface area (Å²) in [6, 6.07) is -0.425.